The van der Waals surface area contributed by atoms with Crippen molar-refractivity contribution >= 4 is 0 Å². The number of alkyl halides is 3. The van der Waals surface area contributed by atoms with Gasteiger partial charge in [-0.2, -0.15) is 13.2 Å². The Morgan fingerprint density at radius 3 is 2.39 bits per heavy atom. The fourth-order valence-corrected chi connectivity index (χ4v) is 2.84. The van der Waals surface area contributed by atoms with Crippen LogP contribution in [0.3, 0.4) is 0 Å². The lowest BCUT2D eigenvalue weighted by Gasteiger charge is -2.37. The fraction of sp³-hybridized carbons (Fsp3) is 1.00. The third-order valence-electron chi connectivity index (χ3n) is 3.76. The highest BCUT2D eigenvalue weighted by Gasteiger charge is 2.39. The van der Waals surface area contributed by atoms with E-state index in [2.05, 4.69) is 12.2 Å². The maximum absolute atomic E-state index is 12.6. The van der Waals surface area contributed by atoms with Crippen LogP contribution in [-0.2, 0) is 0 Å². The number of nitrogens with zero attached hydrogens (tertiary/aromatic N) is 1. The molecule has 108 valence electrons. The van der Waals surface area contributed by atoms with Crippen molar-refractivity contribution in [2.45, 2.75) is 52.3 Å². The summed E-state index contributed by atoms with van der Waals surface area (Å²) in [5.74, 6) is 0. The third-order valence-corrected chi connectivity index (χ3v) is 3.76. The van der Waals surface area contributed by atoms with E-state index < -0.39 is 12.7 Å². The first-order chi connectivity index (χ1) is 8.28. The first-order valence-electron chi connectivity index (χ1n) is 6.79. The Morgan fingerprint density at radius 2 is 2.00 bits per heavy atom. The van der Waals surface area contributed by atoms with Gasteiger partial charge in [0.2, 0.25) is 0 Å². The van der Waals surface area contributed by atoms with E-state index >= 15 is 0 Å². The van der Waals surface area contributed by atoms with E-state index in [9.17, 15) is 13.2 Å². The Morgan fingerprint density at radius 1 is 1.33 bits per heavy atom. The van der Waals surface area contributed by atoms with Crippen LogP contribution in [0.4, 0.5) is 13.2 Å². The monoisotopic (exact) mass is 266 g/mol. The topological polar surface area (TPSA) is 15.3 Å². The second-order valence-electron chi connectivity index (χ2n) is 5.79. The van der Waals surface area contributed by atoms with E-state index in [4.69, 9.17) is 0 Å². The van der Waals surface area contributed by atoms with Crippen LogP contribution in [0, 0.1) is 5.41 Å². The molecule has 1 N–H and O–H groups in total. The van der Waals surface area contributed by atoms with Crippen LogP contribution in [0.5, 0.6) is 0 Å². The predicted molar refractivity (Wildman–Crippen MR) is 67.6 cm³/mol. The standard InChI is InChI=1S/C13H25F3N2/c1-4-5-12(6-7-17-8-12)9-18(11(2)3)10-13(14,15)16/h11,17H,4-10H2,1-3H3. The second-order valence-corrected chi connectivity index (χ2v) is 5.79. The molecule has 18 heavy (non-hydrogen) atoms. The van der Waals surface area contributed by atoms with Crippen molar-refractivity contribution in [3.05, 3.63) is 0 Å². The van der Waals surface area contributed by atoms with Crippen LogP contribution >= 0.6 is 0 Å². The Bertz CT molecular complexity index is 245. The Kier molecular flexibility index (Phi) is 5.46. The summed E-state index contributed by atoms with van der Waals surface area (Å²) in [6.45, 7) is 7.31. The molecule has 1 aliphatic rings. The zero-order valence-corrected chi connectivity index (χ0v) is 11.6. The quantitative estimate of drug-likeness (QED) is 0.795. The number of hydrogen-bond donors (Lipinski definition) is 1. The van der Waals surface area contributed by atoms with Crippen molar-refractivity contribution in [2.24, 2.45) is 5.41 Å². The minimum absolute atomic E-state index is 0.0320. The molecule has 0 bridgehead atoms. The van der Waals surface area contributed by atoms with Gasteiger partial charge in [-0.15, -0.1) is 0 Å². The van der Waals surface area contributed by atoms with Crippen LogP contribution in [0.25, 0.3) is 0 Å². The third kappa shape index (κ3) is 4.76. The van der Waals surface area contributed by atoms with Crippen LogP contribution in [0.2, 0.25) is 0 Å². The Labute approximate surface area is 108 Å². The molecule has 0 aromatic rings. The van der Waals surface area contributed by atoms with Crippen molar-refractivity contribution in [1.82, 2.24) is 10.2 Å². The normalized spacial score (nSPS) is 25.3. The van der Waals surface area contributed by atoms with Crippen LogP contribution in [0.1, 0.15) is 40.0 Å². The summed E-state index contributed by atoms with van der Waals surface area (Å²) >= 11 is 0. The minimum Gasteiger partial charge on any atom is -0.316 e. The van der Waals surface area contributed by atoms with Gasteiger partial charge in [-0.3, -0.25) is 4.90 Å². The first-order valence-corrected chi connectivity index (χ1v) is 6.79. The van der Waals surface area contributed by atoms with E-state index in [1.165, 1.54) is 0 Å². The summed E-state index contributed by atoms with van der Waals surface area (Å²) in [5.41, 5.74) is 0.0320. The van der Waals surface area contributed by atoms with Crippen molar-refractivity contribution < 1.29 is 13.2 Å². The number of halogens is 3. The molecule has 0 saturated carbocycles. The average molecular weight is 266 g/mol. The highest BCUT2D eigenvalue weighted by Crippen LogP contribution is 2.33. The molecule has 0 spiro atoms. The number of rotatable bonds is 6. The maximum atomic E-state index is 12.6. The van der Waals surface area contributed by atoms with E-state index in [-0.39, 0.29) is 11.5 Å². The van der Waals surface area contributed by atoms with E-state index in [1.807, 2.05) is 13.8 Å². The molecule has 1 heterocycles. The summed E-state index contributed by atoms with van der Waals surface area (Å²) in [6, 6.07) is -0.0686. The van der Waals surface area contributed by atoms with Gasteiger partial charge in [0.15, 0.2) is 0 Å². The summed E-state index contributed by atoms with van der Waals surface area (Å²) in [7, 11) is 0. The van der Waals surface area contributed by atoms with Gasteiger partial charge >= 0.3 is 6.18 Å². The van der Waals surface area contributed by atoms with E-state index in [0.29, 0.717) is 6.54 Å². The molecule has 1 aliphatic heterocycles. The van der Waals surface area contributed by atoms with Gasteiger partial charge in [0.1, 0.15) is 0 Å². The molecule has 1 rings (SSSR count). The molecule has 1 fully saturated rings. The van der Waals surface area contributed by atoms with Crippen molar-refractivity contribution in [3.8, 4) is 0 Å². The lowest BCUT2D eigenvalue weighted by atomic mass is 9.81. The lowest BCUT2D eigenvalue weighted by molar-refractivity contribution is -0.153. The van der Waals surface area contributed by atoms with E-state index in [1.54, 1.807) is 4.90 Å². The molecule has 0 aromatic heterocycles. The molecular weight excluding hydrogens is 241 g/mol. The zero-order chi connectivity index (χ0) is 13.8. The van der Waals surface area contributed by atoms with Gasteiger partial charge in [-0.05, 0) is 38.6 Å². The van der Waals surface area contributed by atoms with Crippen LogP contribution < -0.4 is 5.32 Å². The molecule has 1 saturated heterocycles. The number of hydrogen-bond acceptors (Lipinski definition) is 2. The highest BCUT2D eigenvalue weighted by molar-refractivity contribution is 4.91. The van der Waals surface area contributed by atoms with Crippen molar-refractivity contribution in [2.75, 3.05) is 26.2 Å². The summed E-state index contributed by atoms with van der Waals surface area (Å²) in [6.07, 6.45) is -1.09. The molecular formula is C13H25F3N2. The Hall–Kier alpha value is -0.290. The van der Waals surface area contributed by atoms with Crippen LogP contribution in [-0.4, -0.2) is 43.3 Å². The number of nitrogens with one attached hydrogen (secondary N) is 1. The first kappa shape index (κ1) is 15.8. The predicted octanol–water partition coefficient (Wildman–Crippen LogP) is 3.04. The summed E-state index contributed by atoms with van der Waals surface area (Å²) < 4.78 is 37.8. The Balaban J connectivity index is 2.68. The zero-order valence-electron chi connectivity index (χ0n) is 11.6. The molecule has 1 atom stereocenters. The summed E-state index contributed by atoms with van der Waals surface area (Å²) in [5, 5.41) is 3.30. The lowest BCUT2D eigenvalue weighted by Crippen LogP contribution is -2.46. The van der Waals surface area contributed by atoms with Gasteiger partial charge in [0.25, 0.3) is 0 Å². The molecule has 0 radical (unpaired) electrons. The average Bonchev–Trinajstić information content (AvgIpc) is 2.64. The molecule has 0 amide bonds. The van der Waals surface area contributed by atoms with Gasteiger partial charge in [0, 0.05) is 19.1 Å². The van der Waals surface area contributed by atoms with Crippen molar-refractivity contribution in [1.29, 1.82) is 0 Å². The summed E-state index contributed by atoms with van der Waals surface area (Å²) in [4.78, 5) is 1.57. The van der Waals surface area contributed by atoms with E-state index in [0.717, 1.165) is 32.4 Å². The largest absolute Gasteiger partial charge is 0.401 e. The van der Waals surface area contributed by atoms with Crippen LogP contribution in [0.15, 0.2) is 0 Å². The molecule has 5 heteroatoms. The van der Waals surface area contributed by atoms with Crippen molar-refractivity contribution in [3.63, 3.8) is 0 Å². The SMILES string of the molecule is CCCC1(CN(CC(F)(F)F)C(C)C)CCNC1. The fourth-order valence-electron chi connectivity index (χ4n) is 2.84. The molecule has 0 aromatic carbocycles. The van der Waals surface area contributed by atoms with Gasteiger partial charge in [-0.25, -0.2) is 0 Å². The van der Waals surface area contributed by atoms with Gasteiger partial charge < -0.3 is 5.32 Å². The molecule has 1 unspecified atom stereocenters. The maximum Gasteiger partial charge on any atom is 0.401 e. The van der Waals surface area contributed by atoms with Gasteiger partial charge in [-0.1, -0.05) is 13.3 Å². The smallest absolute Gasteiger partial charge is 0.316 e. The molecule has 2 nitrogen and oxygen atoms in total. The second kappa shape index (κ2) is 6.24. The highest BCUT2D eigenvalue weighted by atomic mass is 19.4. The molecule has 0 aliphatic carbocycles. The van der Waals surface area contributed by atoms with Gasteiger partial charge in [0.05, 0.1) is 6.54 Å². The minimum atomic E-state index is -4.11.